The van der Waals surface area contributed by atoms with E-state index < -0.39 is 17.5 Å². The zero-order valence-corrected chi connectivity index (χ0v) is 12.9. The lowest BCUT2D eigenvalue weighted by atomic mass is 9.89. The first-order valence-corrected chi connectivity index (χ1v) is 7.51. The number of anilines is 1. The summed E-state index contributed by atoms with van der Waals surface area (Å²) in [5, 5.41) is 2.89. The number of hydrogen-bond donors (Lipinski definition) is 2. The Hall–Kier alpha value is -2.40. The highest BCUT2D eigenvalue weighted by Gasteiger charge is 2.39. The Balaban J connectivity index is 1.77. The molecule has 1 aliphatic rings. The first kappa shape index (κ1) is 15.5. The van der Waals surface area contributed by atoms with Gasteiger partial charge in [0.1, 0.15) is 11.9 Å². The number of benzene rings is 2. The Labute approximate surface area is 134 Å². The van der Waals surface area contributed by atoms with Crippen LogP contribution in [-0.4, -0.2) is 18.6 Å². The Morgan fingerprint density at radius 3 is 2.74 bits per heavy atom. The molecule has 0 unspecified atom stereocenters. The maximum Gasteiger partial charge on any atom is 0.250 e. The van der Waals surface area contributed by atoms with Crippen LogP contribution < -0.4 is 11.1 Å². The second-order valence-corrected chi connectivity index (χ2v) is 6.05. The molecular formula is C18H19FN2O2. The van der Waals surface area contributed by atoms with Crippen molar-refractivity contribution in [2.45, 2.75) is 25.0 Å². The topological polar surface area (TPSA) is 64.3 Å². The molecule has 0 bridgehead atoms. The normalized spacial score (nSPS) is 24.3. The van der Waals surface area contributed by atoms with Crippen molar-refractivity contribution in [2.75, 3.05) is 12.3 Å². The van der Waals surface area contributed by atoms with Crippen LogP contribution in [0.2, 0.25) is 0 Å². The predicted molar refractivity (Wildman–Crippen MR) is 86.2 cm³/mol. The van der Waals surface area contributed by atoms with Gasteiger partial charge in [-0.05, 0) is 30.7 Å². The van der Waals surface area contributed by atoms with Crippen molar-refractivity contribution in [1.82, 2.24) is 5.32 Å². The standard InChI is InChI=1S/C18H19FN2O2/c1-18(14-10-13(20)7-8-15(14)19)11-23-16(17(22)21-18)9-12-5-3-2-4-6-12/h2-8,10,16H,9,11,20H2,1H3,(H,21,22)/t16-,18-/m1/s1. The van der Waals surface area contributed by atoms with Crippen molar-refractivity contribution >= 4 is 11.6 Å². The van der Waals surface area contributed by atoms with Crippen LogP contribution in [0.25, 0.3) is 0 Å². The van der Waals surface area contributed by atoms with E-state index in [1.165, 1.54) is 18.2 Å². The van der Waals surface area contributed by atoms with Gasteiger partial charge in [-0.3, -0.25) is 4.79 Å². The molecule has 1 heterocycles. The van der Waals surface area contributed by atoms with Crippen molar-refractivity contribution < 1.29 is 13.9 Å². The highest BCUT2D eigenvalue weighted by Crippen LogP contribution is 2.29. The first-order valence-electron chi connectivity index (χ1n) is 7.51. The number of halogens is 1. The maximum atomic E-state index is 14.1. The zero-order valence-electron chi connectivity index (χ0n) is 12.9. The number of carbonyl (C=O) groups excluding carboxylic acids is 1. The predicted octanol–water partition coefficient (Wildman–Crippen LogP) is 2.38. The van der Waals surface area contributed by atoms with E-state index in [0.29, 0.717) is 17.7 Å². The van der Waals surface area contributed by atoms with E-state index in [2.05, 4.69) is 5.32 Å². The smallest absolute Gasteiger partial charge is 0.250 e. The van der Waals surface area contributed by atoms with E-state index in [1.54, 1.807) is 6.92 Å². The van der Waals surface area contributed by atoms with Crippen LogP contribution in [0.3, 0.4) is 0 Å². The molecule has 1 fully saturated rings. The third kappa shape index (κ3) is 3.19. The largest absolute Gasteiger partial charge is 0.399 e. The van der Waals surface area contributed by atoms with Gasteiger partial charge in [-0.2, -0.15) is 0 Å². The molecule has 0 aromatic heterocycles. The summed E-state index contributed by atoms with van der Waals surface area (Å²) in [6, 6.07) is 14.0. The number of nitrogen functional groups attached to an aromatic ring is 1. The van der Waals surface area contributed by atoms with Crippen molar-refractivity contribution in [3.05, 3.63) is 65.5 Å². The van der Waals surface area contributed by atoms with Crippen LogP contribution in [0.1, 0.15) is 18.1 Å². The Morgan fingerprint density at radius 2 is 2.04 bits per heavy atom. The van der Waals surface area contributed by atoms with E-state index in [0.717, 1.165) is 5.56 Å². The summed E-state index contributed by atoms with van der Waals surface area (Å²) in [5.41, 5.74) is 6.61. The van der Waals surface area contributed by atoms with E-state index in [4.69, 9.17) is 10.5 Å². The molecule has 2 aromatic carbocycles. The van der Waals surface area contributed by atoms with Gasteiger partial charge in [0.15, 0.2) is 0 Å². The molecule has 3 rings (SSSR count). The second-order valence-electron chi connectivity index (χ2n) is 6.05. The highest BCUT2D eigenvalue weighted by molar-refractivity contribution is 5.83. The molecular weight excluding hydrogens is 295 g/mol. The van der Waals surface area contributed by atoms with Gasteiger partial charge < -0.3 is 15.8 Å². The van der Waals surface area contributed by atoms with Crippen LogP contribution in [0.4, 0.5) is 10.1 Å². The zero-order chi connectivity index (χ0) is 16.4. The van der Waals surface area contributed by atoms with Gasteiger partial charge >= 0.3 is 0 Å². The quantitative estimate of drug-likeness (QED) is 0.855. The minimum atomic E-state index is -0.927. The van der Waals surface area contributed by atoms with Crippen molar-refractivity contribution in [1.29, 1.82) is 0 Å². The summed E-state index contributed by atoms with van der Waals surface area (Å²) in [5.74, 6) is -0.656. The van der Waals surface area contributed by atoms with Gasteiger partial charge in [0.25, 0.3) is 0 Å². The molecule has 1 aliphatic heterocycles. The SMILES string of the molecule is C[C@]1(c2cc(N)ccc2F)CO[C@H](Cc2ccccc2)C(=O)N1. The van der Waals surface area contributed by atoms with Gasteiger partial charge in [0.2, 0.25) is 5.91 Å². The van der Waals surface area contributed by atoms with Crippen molar-refractivity contribution in [3.8, 4) is 0 Å². The minimum Gasteiger partial charge on any atom is -0.399 e. The van der Waals surface area contributed by atoms with Crippen LogP contribution >= 0.6 is 0 Å². The number of rotatable bonds is 3. The lowest BCUT2D eigenvalue weighted by molar-refractivity contribution is -0.145. The Bertz CT molecular complexity index is 720. The molecule has 1 saturated heterocycles. The fourth-order valence-corrected chi connectivity index (χ4v) is 2.82. The summed E-state index contributed by atoms with van der Waals surface area (Å²) >= 11 is 0. The number of carbonyl (C=O) groups is 1. The van der Waals surface area contributed by atoms with Gasteiger partial charge in [-0.25, -0.2) is 4.39 Å². The van der Waals surface area contributed by atoms with Gasteiger partial charge in [0, 0.05) is 17.7 Å². The van der Waals surface area contributed by atoms with E-state index >= 15 is 0 Å². The van der Waals surface area contributed by atoms with Gasteiger partial charge in [-0.1, -0.05) is 30.3 Å². The monoisotopic (exact) mass is 314 g/mol. The van der Waals surface area contributed by atoms with E-state index in [1.807, 2.05) is 30.3 Å². The molecule has 0 spiro atoms. The highest BCUT2D eigenvalue weighted by atomic mass is 19.1. The van der Waals surface area contributed by atoms with Crippen LogP contribution in [0.5, 0.6) is 0 Å². The summed E-state index contributed by atoms with van der Waals surface area (Å²) in [4.78, 5) is 12.4. The minimum absolute atomic E-state index is 0.191. The number of nitrogens with two attached hydrogens (primary N) is 1. The molecule has 0 aliphatic carbocycles. The maximum absolute atomic E-state index is 14.1. The lowest BCUT2D eigenvalue weighted by Gasteiger charge is -2.38. The van der Waals surface area contributed by atoms with Crippen molar-refractivity contribution in [3.63, 3.8) is 0 Å². The Kier molecular flexibility index (Phi) is 4.05. The number of amides is 1. The van der Waals surface area contributed by atoms with Crippen molar-refractivity contribution in [2.24, 2.45) is 0 Å². The number of hydrogen-bond acceptors (Lipinski definition) is 3. The Morgan fingerprint density at radius 1 is 1.30 bits per heavy atom. The first-order chi connectivity index (χ1) is 11.0. The fourth-order valence-electron chi connectivity index (χ4n) is 2.82. The summed E-state index contributed by atoms with van der Waals surface area (Å²) in [6.07, 6.45) is -0.0862. The third-order valence-electron chi connectivity index (χ3n) is 4.11. The molecule has 1 amide bonds. The molecule has 0 radical (unpaired) electrons. The summed E-state index contributed by atoms with van der Waals surface area (Å²) in [6.45, 7) is 1.93. The van der Waals surface area contributed by atoms with E-state index in [9.17, 15) is 9.18 Å². The molecule has 4 nitrogen and oxygen atoms in total. The van der Waals surface area contributed by atoms with Crippen LogP contribution in [-0.2, 0) is 21.5 Å². The third-order valence-corrected chi connectivity index (χ3v) is 4.11. The average Bonchev–Trinajstić information content (AvgIpc) is 2.53. The second kappa shape index (κ2) is 6.01. The lowest BCUT2D eigenvalue weighted by Crippen LogP contribution is -2.57. The average molecular weight is 314 g/mol. The number of nitrogens with one attached hydrogen (secondary N) is 1. The number of ether oxygens (including phenoxy) is 1. The van der Waals surface area contributed by atoms with E-state index in [-0.39, 0.29) is 12.5 Å². The molecule has 3 N–H and O–H groups in total. The van der Waals surface area contributed by atoms with Gasteiger partial charge in [-0.15, -0.1) is 0 Å². The van der Waals surface area contributed by atoms with Crippen LogP contribution in [0, 0.1) is 5.82 Å². The summed E-state index contributed by atoms with van der Waals surface area (Å²) < 4.78 is 19.8. The van der Waals surface area contributed by atoms with Crippen LogP contribution in [0.15, 0.2) is 48.5 Å². The fraction of sp³-hybridized carbons (Fsp3) is 0.278. The molecule has 120 valence electrons. The molecule has 23 heavy (non-hydrogen) atoms. The molecule has 0 saturated carbocycles. The molecule has 2 aromatic rings. The molecule has 5 heteroatoms. The van der Waals surface area contributed by atoms with Gasteiger partial charge in [0.05, 0.1) is 12.1 Å². The molecule has 2 atom stereocenters. The summed E-state index contributed by atoms with van der Waals surface area (Å²) in [7, 11) is 0. The number of morpholine rings is 1.